The summed E-state index contributed by atoms with van der Waals surface area (Å²) in [7, 11) is 0.959. The molecular weight excluding hydrogens is 316 g/mol. The molecule has 6 nitrogen and oxygen atoms in total. The second-order valence-corrected chi connectivity index (χ2v) is 7.05. The zero-order valence-electron chi connectivity index (χ0n) is 12.6. The minimum atomic E-state index is -3.65. The van der Waals surface area contributed by atoms with Crippen molar-refractivity contribution >= 4 is 33.2 Å². The minimum absolute atomic E-state index is 0.271. The van der Waals surface area contributed by atoms with Gasteiger partial charge in [0.1, 0.15) is 11.8 Å². The molecule has 21 heavy (non-hydrogen) atoms. The maximum Gasteiger partial charge on any atom is 0.245 e. The number of ether oxygens (including phenoxy) is 1. The molecule has 1 atom stereocenters. The van der Waals surface area contributed by atoms with E-state index in [9.17, 15) is 13.2 Å². The van der Waals surface area contributed by atoms with Crippen LogP contribution in [0.3, 0.4) is 0 Å². The van der Waals surface area contributed by atoms with Gasteiger partial charge in [-0.25, -0.2) is 8.42 Å². The summed E-state index contributed by atoms with van der Waals surface area (Å²) >= 11 is 6.03. The fourth-order valence-electron chi connectivity index (χ4n) is 1.97. The van der Waals surface area contributed by atoms with Gasteiger partial charge in [-0.05, 0) is 25.1 Å². The average Bonchev–Trinajstić information content (AvgIpc) is 2.36. The van der Waals surface area contributed by atoms with Crippen molar-refractivity contribution in [2.75, 3.05) is 31.8 Å². The number of methoxy groups -OCH3 is 1. The van der Waals surface area contributed by atoms with E-state index in [1.54, 1.807) is 26.2 Å². The number of hydrogen-bond acceptors (Lipinski definition) is 4. The summed E-state index contributed by atoms with van der Waals surface area (Å²) < 4.78 is 30.2. The Morgan fingerprint density at radius 1 is 1.33 bits per heavy atom. The zero-order valence-corrected chi connectivity index (χ0v) is 14.2. The average molecular weight is 335 g/mol. The molecule has 0 bridgehead atoms. The predicted octanol–water partition coefficient (Wildman–Crippen LogP) is 1.59. The van der Waals surface area contributed by atoms with Crippen molar-refractivity contribution < 1.29 is 17.9 Å². The number of hydrogen-bond donors (Lipinski definition) is 0. The molecule has 0 aromatic heterocycles. The summed E-state index contributed by atoms with van der Waals surface area (Å²) in [6, 6.07) is 3.69. The highest BCUT2D eigenvalue weighted by atomic mass is 35.5. The van der Waals surface area contributed by atoms with Gasteiger partial charge < -0.3 is 9.64 Å². The molecule has 0 spiro atoms. The van der Waals surface area contributed by atoms with Crippen molar-refractivity contribution in [2.24, 2.45) is 0 Å². The van der Waals surface area contributed by atoms with Gasteiger partial charge in [0.25, 0.3) is 0 Å². The maximum atomic E-state index is 12.1. The number of carbonyl (C=O) groups is 1. The molecular formula is C13H19ClN2O4S. The number of benzene rings is 1. The van der Waals surface area contributed by atoms with Crippen molar-refractivity contribution in [1.82, 2.24) is 4.90 Å². The number of nitrogens with zero attached hydrogens (tertiary/aromatic N) is 2. The summed E-state index contributed by atoms with van der Waals surface area (Å²) in [6.07, 6.45) is 1.05. The van der Waals surface area contributed by atoms with Gasteiger partial charge in [0.2, 0.25) is 15.9 Å². The number of anilines is 1. The molecule has 1 unspecified atom stereocenters. The lowest BCUT2D eigenvalue weighted by molar-refractivity contribution is -0.129. The van der Waals surface area contributed by atoms with E-state index in [2.05, 4.69) is 0 Å². The van der Waals surface area contributed by atoms with E-state index in [0.717, 1.165) is 10.6 Å². The molecule has 1 aromatic rings. The molecule has 118 valence electrons. The number of likely N-dealkylation sites (N-methyl/N-ethyl adjacent to an activating group) is 1. The summed E-state index contributed by atoms with van der Waals surface area (Å²) in [4.78, 5) is 13.4. The van der Waals surface area contributed by atoms with Gasteiger partial charge >= 0.3 is 0 Å². The highest BCUT2D eigenvalue weighted by molar-refractivity contribution is 7.92. The van der Waals surface area contributed by atoms with Crippen LogP contribution in [0.1, 0.15) is 6.92 Å². The third-order valence-electron chi connectivity index (χ3n) is 2.90. The van der Waals surface area contributed by atoms with E-state index in [1.807, 2.05) is 0 Å². The standard InChI is InChI=1S/C13H19ClN2O4S/c1-9(13(17)15(2)3)16(21(5,18)19)10-6-7-12(20-4)11(14)8-10/h6-9H,1-5H3. The molecule has 0 aliphatic heterocycles. The monoisotopic (exact) mass is 334 g/mol. The normalized spacial score (nSPS) is 12.7. The van der Waals surface area contributed by atoms with Crippen LogP contribution in [0.5, 0.6) is 5.75 Å². The van der Waals surface area contributed by atoms with E-state index in [1.165, 1.54) is 25.0 Å². The molecule has 8 heteroatoms. The lowest BCUT2D eigenvalue weighted by atomic mass is 10.2. The Bertz CT molecular complexity index is 631. The summed E-state index contributed by atoms with van der Waals surface area (Å²) in [5.41, 5.74) is 0.311. The SMILES string of the molecule is COc1ccc(N(C(C)C(=O)N(C)C)S(C)(=O)=O)cc1Cl. The second-order valence-electron chi connectivity index (χ2n) is 4.79. The summed E-state index contributed by atoms with van der Waals surface area (Å²) in [6.45, 7) is 1.53. The quantitative estimate of drug-likeness (QED) is 0.820. The van der Waals surface area contributed by atoms with E-state index in [-0.39, 0.29) is 10.9 Å². The van der Waals surface area contributed by atoms with Crippen LogP contribution >= 0.6 is 11.6 Å². The molecule has 0 radical (unpaired) electrons. The minimum Gasteiger partial charge on any atom is -0.495 e. The molecule has 1 rings (SSSR count). The Labute approximate surface area is 130 Å². The Balaban J connectivity index is 3.34. The Kier molecular flexibility index (Phi) is 5.47. The van der Waals surface area contributed by atoms with Crippen LogP contribution in [0.4, 0.5) is 5.69 Å². The van der Waals surface area contributed by atoms with Crippen molar-refractivity contribution in [3.8, 4) is 5.75 Å². The van der Waals surface area contributed by atoms with Crippen molar-refractivity contribution in [1.29, 1.82) is 0 Å². The van der Waals surface area contributed by atoms with Crippen LogP contribution in [0, 0.1) is 0 Å². The molecule has 0 N–H and O–H groups in total. The highest BCUT2D eigenvalue weighted by Crippen LogP contribution is 2.31. The molecule has 0 fully saturated rings. The van der Waals surface area contributed by atoms with Crippen LogP contribution in [0.25, 0.3) is 0 Å². The van der Waals surface area contributed by atoms with Crippen molar-refractivity contribution in [2.45, 2.75) is 13.0 Å². The van der Waals surface area contributed by atoms with Crippen molar-refractivity contribution in [3.63, 3.8) is 0 Å². The topological polar surface area (TPSA) is 66.9 Å². The molecule has 0 saturated heterocycles. The molecule has 0 aliphatic carbocycles. The molecule has 0 heterocycles. The third-order valence-corrected chi connectivity index (χ3v) is 4.43. The fraction of sp³-hybridized carbons (Fsp3) is 0.462. The van der Waals surface area contributed by atoms with Gasteiger partial charge in [0.15, 0.2) is 0 Å². The van der Waals surface area contributed by atoms with E-state index in [0.29, 0.717) is 11.4 Å². The lowest BCUT2D eigenvalue weighted by Gasteiger charge is -2.30. The Hall–Kier alpha value is -1.47. The van der Waals surface area contributed by atoms with Gasteiger partial charge in [-0.2, -0.15) is 0 Å². The van der Waals surface area contributed by atoms with E-state index >= 15 is 0 Å². The number of halogens is 1. The number of rotatable bonds is 5. The molecule has 0 aliphatic rings. The first-order valence-electron chi connectivity index (χ1n) is 6.13. The van der Waals surface area contributed by atoms with Gasteiger partial charge in [0.05, 0.1) is 24.1 Å². The first-order chi connectivity index (χ1) is 9.59. The number of sulfonamides is 1. The molecule has 0 saturated carbocycles. The highest BCUT2D eigenvalue weighted by Gasteiger charge is 2.30. The maximum absolute atomic E-state index is 12.1. The summed E-state index contributed by atoms with van der Waals surface area (Å²) in [5.74, 6) is 0.104. The fourth-order valence-corrected chi connectivity index (χ4v) is 3.38. The van der Waals surface area contributed by atoms with Crippen LogP contribution in [0.15, 0.2) is 18.2 Å². The van der Waals surface area contributed by atoms with Crippen LogP contribution in [-0.4, -0.2) is 52.7 Å². The smallest absolute Gasteiger partial charge is 0.245 e. The number of amides is 1. The third kappa shape index (κ3) is 4.01. The predicted molar refractivity (Wildman–Crippen MR) is 83.5 cm³/mol. The van der Waals surface area contributed by atoms with Gasteiger partial charge in [-0.1, -0.05) is 11.6 Å². The van der Waals surface area contributed by atoms with Gasteiger partial charge in [-0.15, -0.1) is 0 Å². The number of carbonyl (C=O) groups excluding carboxylic acids is 1. The van der Waals surface area contributed by atoms with Crippen LogP contribution in [0.2, 0.25) is 5.02 Å². The largest absolute Gasteiger partial charge is 0.495 e. The van der Waals surface area contributed by atoms with E-state index in [4.69, 9.17) is 16.3 Å². The Morgan fingerprint density at radius 3 is 2.29 bits per heavy atom. The molecule has 1 aromatic carbocycles. The Morgan fingerprint density at radius 2 is 1.90 bits per heavy atom. The molecule has 1 amide bonds. The first kappa shape index (κ1) is 17.6. The van der Waals surface area contributed by atoms with Gasteiger partial charge in [0, 0.05) is 14.1 Å². The van der Waals surface area contributed by atoms with Crippen LogP contribution in [-0.2, 0) is 14.8 Å². The lowest BCUT2D eigenvalue weighted by Crippen LogP contribution is -2.47. The van der Waals surface area contributed by atoms with Crippen molar-refractivity contribution in [3.05, 3.63) is 23.2 Å². The van der Waals surface area contributed by atoms with Crippen LogP contribution < -0.4 is 9.04 Å². The van der Waals surface area contributed by atoms with E-state index < -0.39 is 16.1 Å². The second kappa shape index (κ2) is 6.53. The first-order valence-corrected chi connectivity index (χ1v) is 8.36. The van der Waals surface area contributed by atoms with Gasteiger partial charge in [-0.3, -0.25) is 9.10 Å². The summed E-state index contributed by atoms with van der Waals surface area (Å²) in [5, 5.41) is 0.271. The zero-order chi connectivity index (χ0) is 16.4.